The number of aryl methyl sites for hydroxylation is 1. The van der Waals surface area contributed by atoms with E-state index in [0.717, 1.165) is 49.5 Å². The van der Waals surface area contributed by atoms with Crippen molar-refractivity contribution in [1.29, 1.82) is 0 Å². The van der Waals surface area contributed by atoms with Crippen molar-refractivity contribution in [2.45, 2.75) is 45.6 Å². The van der Waals surface area contributed by atoms with E-state index in [0.29, 0.717) is 6.04 Å². The molecule has 2 aromatic carbocycles. The normalized spacial score (nSPS) is 14.5. The molecule has 1 N–H and O–H groups in total. The number of nitrogens with zero attached hydrogens (tertiary/aromatic N) is 2. The minimum absolute atomic E-state index is 0. The van der Waals surface area contributed by atoms with E-state index in [4.69, 9.17) is 4.74 Å². The van der Waals surface area contributed by atoms with E-state index in [2.05, 4.69) is 28.4 Å². The molecule has 0 saturated carbocycles. The SMILES string of the molecule is CCN(CC)C(=O)c1ccc(NC(CCc2cccc(OC)c2)CN2CCCC2)cc1.Cl. The van der Waals surface area contributed by atoms with Crippen molar-refractivity contribution >= 4 is 24.0 Å². The van der Waals surface area contributed by atoms with Crippen LogP contribution in [0.5, 0.6) is 5.75 Å². The molecule has 1 unspecified atom stereocenters. The molecule has 6 heteroatoms. The molecule has 0 bridgehead atoms. The Balaban J connectivity index is 0.00000363. The summed E-state index contributed by atoms with van der Waals surface area (Å²) in [6.45, 7) is 8.92. The number of carbonyl (C=O) groups excluding carboxylic acids is 1. The largest absolute Gasteiger partial charge is 0.497 e. The maximum absolute atomic E-state index is 12.6. The van der Waals surface area contributed by atoms with Crippen molar-refractivity contribution in [2.75, 3.05) is 45.2 Å². The maximum atomic E-state index is 12.6. The average Bonchev–Trinajstić information content (AvgIpc) is 3.32. The molecule has 5 nitrogen and oxygen atoms in total. The van der Waals surface area contributed by atoms with Crippen LogP contribution in [-0.4, -0.2) is 61.6 Å². The van der Waals surface area contributed by atoms with Crippen LogP contribution in [0.25, 0.3) is 0 Å². The van der Waals surface area contributed by atoms with E-state index < -0.39 is 0 Å². The van der Waals surface area contributed by atoms with Crippen molar-refractivity contribution in [1.82, 2.24) is 9.80 Å². The third kappa shape index (κ3) is 7.42. The number of benzene rings is 2. The molecule has 1 atom stereocenters. The fourth-order valence-electron chi connectivity index (χ4n) is 4.29. The monoisotopic (exact) mass is 459 g/mol. The fourth-order valence-corrected chi connectivity index (χ4v) is 4.29. The van der Waals surface area contributed by atoms with E-state index in [9.17, 15) is 4.79 Å². The summed E-state index contributed by atoms with van der Waals surface area (Å²) >= 11 is 0. The predicted octanol–water partition coefficient (Wildman–Crippen LogP) is 5.11. The van der Waals surface area contributed by atoms with Gasteiger partial charge < -0.3 is 19.9 Å². The highest BCUT2D eigenvalue weighted by Gasteiger charge is 2.18. The van der Waals surface area contributed by atoms with Crippen LogP contribution >= 0.6 is 12.4 Å². The number of amides is 1. The number of halogens is 1. The Morgan fingerprint density at radius 2 is 1.78 bits per heavy atom. The molecule has 0 spiro atoms. The van der Waals surface area contributed by atoms with Gasteiger partial charge in [-0.3, -0.25) is 4.79 Å². The quantitative estimate of drug-likeness (QED) is 0.507. The van der Waals surface area contributed by atoms with Crippen molar-refractivity contribution in [3.63, 3.8) is 0 Å². The lowest BCUT2D eigenvalue weighted by molar-refractivity contribution is 0.0773. The lowest BCUT2D eigenvalue weighted by Gasteiger charge is -2.26. The summed E-state index contributed by atoms with van der Waals surface area (Å²) in [5.74, 6) is 1.01. The minimum atomic E-state index is 0. The number of likely N-dealkylation sites (tertiary alicyclic amines) is 1. The van der Waals surface area contributed by atoms with Crippen molar-refractivity contribution < 1.29 is 9.53 Å². The molecule has 176 valence electrons. The molecule has 1 saturated heterocycles. The molecular weight excluding hydrogens is 422 g/mol. The van der Waals surface area contributed by atoms with Gasteiger partial charge in [0, 0.05) is 36.9 Å². The Bertz CT molecular complexity index is 818. The number of ether oxygens (including phenoxy) is 1. The molecule has 1 aliphatic rings. The summed E-state index contributed by atoms with van der Waals surface area (Å²) in [7, 11) is 1.71. The summed E-state index contributed by atoms with van der Waals surface area (Å²) in [6.07, 6.45) is 4.64. The topological polar surface area (TPSA) is 44.8 Å². The van der Waals surface area contributed by atoms with Gasteiger partial charge in [-0.2, -0.15) is 0 Å². The van der Waals surface area contributed by atoms with Crippen LogP contribution in [0.2, 0.25) is 0 Å². The maximum Gasteiger partial charge on any atom is 0.253 e. The van der Waals surface area contributed by atoms with Crippen LogP contribution in [0, 0.1) is 0 Å². The molecule has 1 fully saturated rings. The molecule has 1 amide bonds. The Kier molecular flexibility index (Phi) is 10.8. The Morgan fingerprint density at radius 1 is 1.09 bits per heavy atom. The molecule has 0 aliphatic carbocycles. The first-order valence-corrected chi connectivity index (χ1v) is 11.6. The van der Waals surface area contributed by atoms with E-state index in [1.807, 2.05) is 49.1 Å². The summed E-state index contributed by atoms with van der Waals surface area (Å²) in [5.41, 5.74) is 3.13. The van der Waals surface area contributed by atoms with E-state index in [1.165, 1.54) is 31.5 Å². The Labute approximate surface area is 199 Å². The number of hydrogen-bond donors (Lipinski definition) is 1. The molecule has 32 heavy (non-hydrogen) atoms. The minimum Gasteiger partial charge on any atom is -0.497 e. The number of rotatable bonds is 11. The third-order valence-electron chi connectivity index (χ3n) is 6.15. The number of methoxy groups -OCH3 is 1. The second-order valence-corrected chi connectivity index (χ2v) is 8.29. The number of nitrogens with one attached hydrogen (secondary N) is 1. The van der Waals surface area contributed by atoms with Gasteiger partial charge in [0.25, 0.3) is 5.91 Å². The van der Waals surface area contributed by atoms with Gasteiger partial charge in [-0.05, 0) is 94.6 Å². The lowest BCUT2D eigenvalue weighted by atomic mass is 10.0. The fraction of sp³-hybridized carbons (Fsp3) is 0.500. The van der Waals surface area contributed by atoms with Crippen molar-refractivity contribution in [3.8, 4) is 5.75 Å². The van der Waals surface area contributed by atoms with E-state index >= 15 is 0 Å². The highest BCUT2D eigenvalue weighted by atomic mass is 35.5. The van der Waals surface area contributed by atoms with Crippen LogP contribution in [-0.2, 0) is 6.42 Å². The zero-order valence-electron chi connectivity index (χ0n) is 19.7. The molecule has 1 heterocycles. The highest BCUT2D eigenvalue weighted by Crippen LogP contribution is 2.19. The first-order valence-electron chi connectivity index (χ1n) is 11.6. The number of anilines is 1. The summed E-state index contributed by atoms with van der Waals surface area (Å²) in [6, 6.07) is 16.7. The van der Waals surface area contributed by atoms with Crippen molar-refractivity contribution in [3.05, 3.63) is 59.7 Å². The zero-order chi connectivity index (χ0) is 22.1. The highest BCUT2D eigenvalue weighted by molar-refractivity contribution is 5.94. The Hall–Kier alpha value is -2.24. The van der Waals surface area contributed by atoms with Crippen LogP contribution in [0.3, 0.4) is 0 Å². The first-order chi connectivity index (χ1) is 15.1. The van der Waals surface area contributed by atoms with Crippen LogP contribution < -0.4 is 10.1 Å². The van der Waals surface area contributed by atoms with Crippen LogP contribution in [0.15, 0.2) is 48.5 Å². The standard InChI is InChI=1S/C26H37N3O2.ClH/c1-4-29(5-2)26(30)22-12-15-23(16-13-22)27-24(20-28-17-6-7-18-28)14-11-21-9-8-10-25(19-21)31-3;/h8-10,12-13,15-16,19,24,27H,4-7,11,14,17-18,20H2,1-3H3;1H. The molecule has 0 aromatic heterocycles. The molecule has 0 radical (unpaired) electrons. The first kappa shape index (κ1) is 26.0. The van der Waals surface area contributed by atoms with Gasteiger partial charge in [0.05, 0.1) is 7.11 Å². The van der Waals surface area contributed by atoms with Gasteiger partial charge in [-0.1, -0.05) is 12.1 Å². The van der Waals surface area contributed by atoms with Gasteiger partial charge in [0.2, 0.25) is 0 Å². The summed E-state index contributed by atoms with van der Waals surface area (Å²) in [4.78, 5) is 17.0. The van der Waals surface area contributed by atoms with Gasteiger partial charge in [-0.15, -0.1) is 12.4 Å². The Morgan fingerprint density at radius 3 is 2.41 bits per heavy atom. The summed E-state index contributed by atoms with van der Waals surface area (Å²) < 4.78 is 5.37. The van der Waals surface area contributed by atoms with Crippen LogP contribution in [0.4, 0.5) is 5.69 Å². The number of carbonyl (C=O) groups is 1. The molecule has 2 aromatic rings. The second-order valence-electron chi connectivity index (χ2n) is 8.29. The third-order valence-corrected chi connectivity index (χ3v) is 6.15. The molecule has 3 rings (SSSR count). The summed E-state index contributed by atoms with van der Waals surface area (Å²) in [5, 5.41) is 3.73. The zero-order valence-corrected chi connectivity index (χ0v) is 20.5. The predicted molar refractivity (Wildman–Crippen MR) is 135 cm³/mol. The lowest BCUT2D eigenvalue weighted by Crippen LogP contribution is -2.35. The van der Waals surface area contributed by atoms with Crippen molar-refractivity contribution in [2.24, 2.45) is 0 Å². The number of hydrogen-bond acceptors (Lipinski definition) is 4. The van der Waals surface area contributed by atoms with Gasteiger partial charge >= 0.3 is 0 Å². The van der Waals surface area contributed by atoms with E-state index in [-0.39, 0.29) is 18.3 Å². The van der Waals surface area contributed by atoms with E-state index in [1.54, 1.807) is 7.11 Å². The second kappa shape index (κ2) is 13.3. The van der Waals surface area contributed by atoms with Gasteiger partial charge in [0.15, 0.2) is 0 Å². The smallest absolute Gasteiger partial charge is 0.253 e. The van der Waals surface area contributed by atoms with Crippen LogP contribution in [0.1, 0.15) is 49.0 Å². The molecular formula is C26H38ClN3O2. The van der Waals surface area contributed by atoms with Gasteiger partial charge in [-0.25, -0.2) is 0 Å². The molecule has 1 aliphatic heterocycles. The van der Waals surface area contributed by atoms with Gasteiger partial charge in [0.1, 0.15) is 5.75 Å². The average molecular weight is 460 g/mol.